The maximum atomic E-state index is 14.0. The van der Waals surface area contributed by atoms with Crippen molar-refractivity contribution < 1.29 is 35.3 Å². The summed E-state index contributed by atoms with van der Waals surface area (Å²) < 4.78 is 26.2. The summed E-state index contributed by atoms with van der Waals surface area (Å²) in [6.07, 6.45) is 8.19. The van der Waals surface area contributed by atoms with E-state index in [-0.39, 0.29) is 30.3 Å². The van der Waals surface area contributed by atoms with E-state index in [0.29, 0.717) is 24.2 Å². The minimum absolute atomic E-state index is 0. The molecule has 3 aromatic rings. The van der Waals surface area contributed by atoms with Crippen LogP contribution < -0.4 is 12.4 Å². The van der Waals surface area contributed by atoms with E-state index in [4.69, 9.17) is 9.26 Å². The number of esters is 1. The highest BCUT2D eigenvalue weighted by molar-refractivity contribution is 5.83. The first-order valence-corrected chi connectivity index (χ1v) is 13.8. The Morgan fingerprint density at radius 2 is 1.68 bits per heavy atom. The monoisotopic (exact) mass is 539 g/mol. The molecule has 3 saturated heterocycles. The number of benzene rings is 2. The average Bonchev–Trinajstić information content (AvgIpc) is 3.23. The number of quaternary nitrogens is 1. The van der Waals surface area contributed by atoms with Crippen molar-refractivity contribution in [3.8, 4) is 11.4 Å². The highest BCUT2D eigenvalue weighted by Crippen LogP contribution is 2.42. The summed E-state index contributed by atoms with van der Waals surface area (Å²) in [4.78, 5) is 18.6. The minimum Gasteiger partial charge on any atom is -1.00 e. The van der Waals surface area contributed by atoms with Crippen LogP contribution in [0.2, 0.25) is 0 Å². The number of hydrogen-bond acceptors (Lipinski definition) is 5. The first kappa shape index (κ1) is 26.8. The van der Waals surface area contributed by atoms with Crippen molar-refractivity contribution >= 4 is 5.97 Å². The van der Waals surface area contributed by atoms with E-state index < -0.39 is 5.41 Å². The molecule has 4 aliphatic rings. The fourth-order valence-electron chi connectivity index (χ4n) is 6.85. The third kappa shape index (κ3) is 5.23. The lowest BCUT2D eigenvalue weighted by Gasteiger charge is -2.51. The van der Waals surface area contributed by atoms with Crippen molar-refractivity contribution in [2.75, 3.05) is 19.6 Å². The van der Waals surface area contributed by atoms with Crippen LogP contribution in [-0.4, -0.2) is 46.3 Å². The van der Waals surface area contributed by atoms with Gasteiger partial charge in [-0.25, -0.2) is 4.39 Å². The van der Waals surface area contributed by atoms with Crippen LogP contribution in [0.5, 0.6) is 0 Å². The van der Waals surface area contributed by atoms with Crippen molar-refractivity contribution in [1.82, 2.24) is 10.1 Å². The Morgan fingerprint density at radius 3 is 2.37 bits per heavy atom. The molecule has 1 aliphatic carbocycles. The zero-order chi connectivity index (χ0) is 25.3. The predicted molar refractivity (Wildman–Crippen MR) is 137 cm³/mol. The summed E-state index contributed by atoms with van der Waals surface area (Å²) in [5.74, 6) is 1.14. The van der Waals surface area contributed by atoms with Gasteiger partial charge in [0.1, 0.15) is 12.4 Å². The molecule has 1 atom stereocenters. The normalized spacial score (nSPS) is 26.2. The van der Waals surface area contributed by atoms with Gasteiger partial charge in [-0.3, -0.25) is 4.79 Å². The fraction of sp³-hybridized carbons (Fsp3) is 0.500. The number of carbonyl (C=O) groups excluding carboxylic acids is 1. The Morgan fingerprint density at radius 1 is 1.00 bits per heavy atom. The van der Waals surface area contributed by atoms with Crippen LogP contribution >= 0.6 is 0 Å². The molecule has 3 aliphatic heterocycles. The summed E-state index contributed by atoms with van der Waals surface area (Å²) in [7, 11) is 0. The van der Waals surface area contributed by atoms with E-state index in [1.54, 1.807) is 12.1 Å². The molecule has 4 fully saturated rings. The Kier molecular flexibility index (Phi) is 7.87. The number of fused-ring (bicyclic) bond motifs is 3. The topological polar surface area (TPSA) is 65.2 Å². The van der Waals surface area contributed by atoms with E-state index in [9.17, 15) is 9.18 Å². The molecule has 4 heterocycles. The number of rotatable bonds is 6. The second-order valence-electron chi connectivity index (χ2n) is 11.3. The summed E-state index contributed by atoms with van der Waals surface area (Å²) in [6, 6.07) is 16.4. The van der Waals surface area contributed by atoms with Crippen molar-refractivity contribution in [2.24, 2.45) is 5.92 Å². The number of piperidine rings is 3. The zero-order valence-corrected chi connectivity index (χ0v) is 22.4. The molecule has 202 valence electrons. The molecule has 2 bridgehead atoms. The van der Waals surface area contributed by atoms with Crippen LogP contribution in [0.15, 0.2) is 59.1 Å². The molecule has 0 spiro atoms. The van der Waals surface area contributed by atoms with Gasteiger partial charge in [0.25, 0.3) is 5.89 Å². The van der Waals surface area contributed by atoms with Crippen molar-refractivity contribution in [1.29, 1.82) is 0 Å². The number of halogens is 2. The van der Waals surface area contributed by atoms with Gasteiger partial charge in [0.15, 0.2) is 12.6 Å². The second-order valence-corrected chi connectivity index (χ2v) is 11.3. The van der Waals surface area contributed by atoms with E-state index >= 15 is 0 Å². The van der Waals surface area contributed by atoms with E-state index in [2.05, 4.69) is 22.3 Å². The Balaban J connectivity index is 0.00000294. The van der Waals surface area contributed by atoms with Crippen molar-refractivity contribution in [3.63, 3.8) is 0 Å². The standard InChI is InChI=1S/C30H35FN3O3.ClH/c31-25-12-10-23(11-13-25)28-32-27(37-33-28)21-34-18-14-22(15-19-34)26(20-34)36-29(35)30(16-6-1-2-7-17-30)24-8-4-3-5-9-24;/h3-5,8-13,22,26H,1-2,6-7,14-21H2;1H/q+1;/p-1/t22?,26-,34?;/m0./s1. The first-order chi connectivity index (χ1) is 18.1. The molecule has 6 nitrogen and oxygen atoms in total. The highest BCUT2D eigenvalue weighted by Gasteiger charge is 2.51. The molecule has 0 amide bonds. The van der Waals surface area contributed by atoms with Gasteiger partial charge in [0.05, 0.1) is 18.5 Å². The van der Waals surface area contributed by atoms with Gasteiger partial charge < -0.3 is 26.2 Å². The first-order valence-electron chi connectivity index (χ1n) is 13.8. The van der Waals surface area contributed by atoms with Gasteiger partial charge in [-0.1, -0.05) is 61.2 Å². The molecule has 0 N–H and O–H groups in total. The number of aromatic nitrogens is 2. The van der Waals surface area contributed by atoms with E-state index in [1.165, 1.54) is 25.0 Å². The summed E-state index contributed by atoms with van der Waals surface area (Å²) in [5, 5.41) is 4.14. The lowest BCUT2D eigenvalue weighted by atomic mass is 9.74. The molecule has 2 aromatic carbocycles. The lowest BCUT2D eigenvalue weighted by molar-refractivity contribution is -0.959. The quantitative estimate of drug-likeness (QED) is 0.274. The van der Waals surface area contributed by atoms with Crippen LogP contribution in [0.25, 0.3) is 11.4 Å². The van der Waals surface area contributed by atoms with E-state index in [0.717, 1.165) is 73.8 Å². The van der Waals surface area contributed by atoms with Crippen LogP contribution in [0.3, 0.4) is 0 Å². The Labute approximate surface area is 229 Å². The minimum atomic E-state index is -0.537. The van der Waals surface area contributed by atoms with Gasteiger partial charge in [-0.2, -0.15) is 4.98 Å². The lowest BCUT2D eigenvalue weighted by Crippen LogP contribution is -3.00. The number of nitrogens with zero attached hydrogens (tertiary/aromatic N) is 3. The molecule has 0 unspecified atom stereocenters. The van der Waals surface area contributed by atoms with Crippen LogP contribution in [0.4, 0.5) is 4.39 Å². The van der Waals surface area contributed by atoms with Gasteiger partial charge in [0, 0.05) is 24.3 Å². The predicted octanol–water partition coefficient (Wildman–Crippen LogP) is 2.82. The van der Waals surface area contributed by atoms with Gasteiger partial charge in [-0.15, -0.1) is 0 Å². The number of hydrogen-bond donors (Lipinski definition) is 0. The summed E-state index contributed by atoms with van der Waals surface area (Å²) in [6.45, 7) is 3.46. The second kappa shape index (κ2) is 11.1. The Hall–Kier alpha value is -2.77. The molecule has 7 rings (SSSR count). The average molecular weight is 540 g/mol. The van der Waals surface area contributed by atoms with Gasteiger partial charge in [0.2, 0.25) is 5.82 Å². The summed E-state index contributed by atoms with van der Waals surface area (Å²) >= 11 is 0. The smallest absolute Gasteiger partial charge is 0.317 e. The highest BCUT2D eigenvalue weighted by atomic mass is 35.5. The van der Waals surface area contributed by atoms with Gasteiger partial charge >= 0.3 is 5.97 Å². The summed E-state index contributed by atoms with van der Waals surface area (Å²) in [5.41, 5.74) is 1.30. The molecule has 8 heteroatoms. The van der Waals surface area contributed by atoms with Crippen LogP contribution in [0.1, 0.15) is 62.8 Å². The maximum absolute atomic E-state index is 14.0. The molecule has 0 radical (unpaired) electrons. The molecule has 1 aromatic heterocycles. The van der Waals surface area contributed by atoms with Crippen molar-refractivity contribution in [2.45, 2.75) is 69.4 Å². The fourth-order valence-corrected chi connectivity index (χ4v) is 6.85. The van der Waals surface area contributed by atoms with Crippen molar-refractivity contribution in [3.05, 3.63) is 71.9 Å². The third-order valence-electron chi connectivity index (χ3n) is 9.02. The maximum Gasteiger partial charge on any atom is 0.317 e. The zero-order valence-electron chi connectivity index (χ0n) is 21.7. The number of ether oxygens (including phenoxy) is 1. The molecule has 1 saturated carbocycles. The number of carbonyl (C=O) groups is 1. The molecular formula is C30H35ClFN3O3. The Bertz CT molecular complexity index is 1220. The van der Waals surface area contributed by atoms with Crippen LogP contribution in [-0.2, 0) is 21.5 Å². The molecule has 38 heavy (non-hydrogen) atoms. The SMILES string of the molecule is O=C(O[C@H]1C[N+]2(Cc3nc(-c4ccc(F)cc4)no3)CCC1CC2)C1(c2ccccc2)CCCCCC1.[Cl-]. The molecular weight excluding hydrogens is 505 g/mol. The van der Waals surface area contributed by atoms with Crippen LogP contribution in [0, 0.1) is 11.7 Å². The van der Waals surface area contributed by atoms with E-state index in [1.807, 2.05) is 18.2 Å². The largest absolute Gasteiger partial charge is 1.00 e. The third-order valence-corrected chi connectivity index (χ3v) is 9.02. The van der Waals surface area contributed by atoms with Gasteiger partial charge in [-0.05, 0) is 42.7 Å².